The van der Waals surface area contributed by atoms with E-state index in [1.165, 1.54) is 0 Å². The van der Waals surface area contributed by atoms with Crippen LogP contribution in [0.4, 0.5) is 4.79 Å². The van der Waals surface area contributed by atoms with E-state index in [0.29, 0.717) is 52.3 Å². The van der Waals surface area contributed by atoms with Crippen LogP contribution in [0.3, 0.4) is 0 Å². The van der Waals surface area contributed by atoms with E-state index in [1.54, 1.807) is 18.9 Å². The first-order chi connectivity index (χ1) is 13.1. The summed E-state index contributed by atoms with van der Waals surface area (Å²) in [7, 11) is 1.72. The molecule has 1 aliphatic rings. The summed E-state index contributed by atoms with van der Waals surface area (Å²) in [6, 6.07) is 9.82. The van der Waals surface area contributed by atoms with Gasteiger partial charge in [-0.2, -0.15) is 0 Å². The van der Waals surface area contributed by atoms with Gasteiger partial charge in [0, 0.05) is 52.7 Å². The van der Waals surface area contributed by atoms with Gasteiger partial charge >= 0.3 is 6.09 Å². The van der Waals surface area contributed by atoms with Crippen molar-refractivity contribution in [2.45, 2.75) is 19.9 Å². The second-order valence-electron chi connectivity index (χ2n) is 6.16. The first-order valence-corrected chi connectivity index (χ1v) is 9.32. The lowest BCUT2D eigenvalue weighted by Crippen LogP contribution is -2.54. The average Bonchev–Trinajstić information content (AvgIpc) is 2.71. The Kier molecular flexibility index (Phi) is 8.41. The number of ether oxygens (including phenoxy) is 1. The fourth-order valence-electron chi connectivity index (χ4n) is 2.82. The van der Waals surface area contributed by atoms with Crippen molar-refractivity contribution >= 4 is 18.0 Å². The minimum atomic E-state index is -0.268. The van der Waals surface area contributed by atoms with Gasteiger partial charge in [0.1, 0.15) is 0 Å². The summed E-state index contributed by atoms with van der Waals surface area (Å²) < 4.78 is 5.03. The van der Waals surface area contributed by atoms with Crippen LogP contribution in [-0.4, -0.2) is 74.1 Å². The molecule has 1 aromatic carbocycles. The molecule has 2 rings (SSSR count). The Balaban J connectivity index is 1.67. The molecular weight excluding hydrogens is 346 g/mol. The van der Waals surface area contributed by atoms with Crippen LogP contribution in [0.25, 0.3) is 0 Å². The zero-order chi connectivity index (χ0) is 19.5. The van der Waals surface area contributed by atoms with E-state index in [4.69, 9.17) is 4.74 Å². The summed E-state index contributed by atoms with van der Waals surface area (Å²) in [6.07, 6.45) is 0.101. The molecule has 0 saturated carbocycles. The van der Waals surface area contributed by atoms with Crippen molar-refractivity contribution in [3.63, 3.8) is 0 Å². The molecule has 0 radical (unpaired) electrons. The molecule has 2 N–H and O–H groups in total. The lowest BCUT2D eigenvalue weighted by atomic mass is 10.2. The highest BCUT2D eigenvalue weighted by molar-refractivity contribution is 5.81. The van der Waals surface area contributed by atoms with Gasteiger partial charge in [-0.1, -0.05) is 30.3 Å². The number of hydrogen-bond donors (Lipinski definition) is 2. The Hall–Kier alpha value is -2.77. The Morgan fingerprint density at radius 1 is 1.07 bits per heavy atom. The van der Waals surface area contributed by atoms with Gasteiger partial charge < -0.3 is 25.2 Å². The van der Waals surface area contributed by atoms with E-state index in [0.717, 1.165) is 11.5 Å². The molecule has 1 aliphatic heterocycles. The van der Waals surface area contributed by atoms with Gasteiger partial charge in [0.2, 0.25) is 5.91 Å². The highest BCUT2D eigenvalue weighted by Crippen LogP contribution is 2.04. The highest BCUT2D eigenvalue weighted by Gasteiger charge is 2.23. The molecule has 1 fully saturated rings. The van der Waals surface area contributed by atoms with Crippen molar-refractivity contribution in [3.8, 4) is 0 Å². The molecule has 8 nitrogen and oxygen atoms in total. The molecule has 0 spiro atoms. The summed E-state index contributed by atoms with van der Waals surface area (Å²) in [5.41, 5.74) is 1.08. The Morgan fingerprint density at radius 3 is 2.37 bits per heavy atom. The lowest BCUT2D eigenvalue weighted by Gasteiger charge is -2.35. The van der Waals surface area contributed by atoms with Crippen molar-refractivity contribution in [1.82, 2.24) is 20.4 Å². The van der Waals surface area contributed by atoms with E-state index in [1.807, 2.05) is 30.3 Å². The first-order valence-electron chi connectivity index (χ1n) is 9.32. The molecule has 1 saturated heterocycles. The molecular formula is C19H29N5O3. The molecule has 1 aromatic rings. The molecule has 8 heteroatoms. The number of aliphatic imine (C=N–C) groups is 1. The molecule has 148 valence electrons. The van der Waals surface area contributed by atoms with Gasteiger partial charge in [0.05, 0.1) is 6.61 Å². The van der Waals surface area contributed by atoms with Crippen molar-refractivity contribution < 1.29 is 14.3 Å². The zero-order valence-electron chi connectivity index (χ0n) is 16.1. The molecule has 1 heterocycles. The van der Waals surface area contributed by atoms with Crippen LogP contribution in [0, 0.1) is 0 Å². The Labute approximate surface area is 160 Å². The van der Waals surface area contributed by atoms with Crippen LogP contribution < -0.4 is 10.6 Å². The summed E-state index contributed by atoms with van der Waals surface area (Å²) in [4.78, 5) is 31.8. The van der Waals surface area contributed by atoms with E-state index < -0.39 is 0 Å². The number of rotatable bonds is 6. The smallest absolute Gasteiger partial charge is 0.409 e. The second kappa shape index (κ2) is 11.1. The summed E-state index contributed by atoms with van der Waals surface area (Å²) in [6.45, 7) is 5.77. The largest absolute Gasteiger partial charge is 0.450 e. The fourth-order valence-corrected chi connectivity index (χ4v) is 2.82. The summed E-state index contributed by atoms with van der Waals surface area (Å²) in [5, 5.41) is 6.13. The molecule has 0 atom stereocenters. The summed E-state index contributed by atoms with van der Waals surface area (Å²) in [5.74, 6) is 0.739. The standard InChI is InChI=1S/C19H29N5O3/c1-3-27-19(26)24-13-11-23(12-14-24)18(20-2)21-10-9-17(25)22-15-16-7-5-4-6-8-16/h4-8H,3,9-15H2,1-2H3,(H,20,21)(H,22,25). The van der Waals surface area contributed by atoms with E-state index in [2.05, 4.69) is 20.5 Å². The van der Waals surface area contributed by atoms with Gasteiger partial charge in [-0.25, -0.2) is 4.79 Å². The minimum absolute atomic E-state index is 0.00561. The molecule has 27 heavy (non-hydrogen) atoms. The number of carbonyl (C=O) groups excluding carboxylic acids is 2. The maximum atomic E-state index is 12.0. The number of guanidine groups is 1. The van der Waals surface area contributed by atoms with Crippen LogP contribution in [0.5, 0.6) is 0 Å². The topological polar surface area (TPSA) is 86.3 Å². The quantitative estimate of drug-likeness (QED) is 0.573. The lowest BCUT2D eigenvalue weighted by molar-refractivity contribution is -0.121. The molecule has 0 bridgehead atoms. The van der Waals surface area contributed by atoms with Crippen LogP contribution in [0.1, 0.15) is 18.9 Å². The van der Waals surface area contributed by atoms with Crippen LogP contribution in [0.2, 0.25) is 0 Å². The van der Waals surface area contributed by atoms with Gasteiger partial charge in [0.25, 0.3) is 0 Å². The minimum Gasteiger partial charge on any atom is -0.450 e. The van der Waals surface area contributed by atoms with Crippen molar-refractivity contribution in [2.75, 3.05) is 46.4 Å². The number of piperazine rings is 1. The molecule has 2 amide bonds. The number of carbonyl (C=O) groups is 2. The Bertz CT molecular complexity index is 627. The third kappa shape index (κ3) is 6.80. The van der Waals surface area contributed by atoms with Gasteiger partial charge in [-0.05, 0) is 12.5 Å². The normalized spacial score (nSPS) is 14.7. The third-order valence-corrected chi connectivity index (χ3v) is 4.28. The monoisotopic (exact) mass is 375 g/mol. The predicted octanol–water partition coefficient (Wildman–Crippen LogP) is 1.04. The number of amides is 2. The number of nitrogens with zero attached hydrogens (tertiary/aromatic N) is 3. The number of benzene rings is 1. The van der Waals surface area contributed by atoms with E-state index in [-0.39, 0.29) is 12.0 Å². The highest BCUT2D eigenvalue weighted by atomic mass is 16.6. The maximum absolute atomic E-state index is 12.0. The average molecular weight is 375 g/mol. The summed E-state index contributed by atoms with van der Waals surface area (Å²) >= 11 is 0. The zero-order valence-corrected chi connectivity index (χ0v) is 16.1. The Morgan fingerprint density at radius 2 is 1.74 bits per heavy atom. The molecule has 0 aromatic heterocycles. The van der Waals surface area contributed by atoms with Gasteiger partial charge in [-0.15, -0.1) is 0 Å². The maximum Gasteiger partial charge on any atom is 0.409 e. The molecule has 0 aliphatic carbocycles. The fraction of sp³-hybridized carbons (Fsp3) is 0.526. The van der Waals surface area contributed by atoms with E-state index in [9.17, 15) is 9.59 Å². The van der Waals surface area contributed by atoms with Crippen molar-refractivity contribution in [1.29, 1.82) is 0 Å². The number of hydrogen-bond acceptors (Lipinski definition) is 4. The van der Waals surface area contributed by atoms with Gasteiger partial charge in [0.15, 0.2) is 5.96 Å². The van der Waals surface area contributed by atoms with Crippen LogP contribution >= 0.6 is 0 Å². The van der Waals surface area contributed by atoms with Crippen molar-refractivity contribution in [2.24, 2.45) is 4.99 Å². The van der Waals surface area contributed by atoms with Gasteiger partial charge in [-0.3, -0.25) is 9.79 Å². The third-order valence-electron chi connectivity index (χ3n) is 4.28. The predicted molar refractivity (Wildman–Crippen MR) is 104 cm³/mol. The second-order valence-corrected chi connectivity index (χ2v) is 6.16. The SMILES string of the molecule is CCOC(=O)N1CCN(C(=NC)NCCC(=O)NCc2ccccc2)CC1. The first kappa shape index (κ1) is 20.5. The van der Waals surface area contributed by atoms with Crippen LogP contribution in [-0.2, 0) is 16.1 Å². The van der Waals surface area contributed by atoms with E-state index >= 15 is 0 Å². The molecule has 0 unspecified atom stereocenters. The van der Waals surface area contributed by atoms with Crippen molar-refractivity contribution in [3.05, 3.63) is 35.9 Å². The number of nitrogens with one attached hydrogen (secondary N) is 2. The van der Waals surface area contributed by atoms with Crippen LogP contribution in [0.15, 0.2) is 35.3 Å².